The van der Waals surface area contributed by atoms with Crippen molar-refractivity contribution in [1.82, 2.24) is 0 Å². The highest BCUT2D eigenvalue weighted by molar-refractivity contribution is 5.90. The molecule has 0 heterocycles. The minimum Gasteiger partial charge on any atom is -0.478 e. The molecule has 2 N–H and O–H groups in total. The van der Waals surface area contributed by atoms with Crippen LogP contribution in [0, 0.1) is 0 Å². The Morgan fingerprint density at radius 1 is 0.438 bits per heavy atom. The summed E-state index contributed by atoms with van der Waals surface area (Å²) in [4.78, 5) is 20.3. The van der Waals surface area contributed by atoms with Crippen molar-refractivity contribution in [2.75, 3.05) is 0 Å². The largest absolute Gasteiger partial charge is 0.478 e. The molecule has 48 heavy (non-hydrogen) atoms. The smallest absolute Gasteiger partial charge is 0.460 e. The molecule has 0 atom stereocenters. The van der Waals surface area contributed by atoms with E-state index in [1.54, 1.807) is 19.9 Å². The van der Waals surface area contributed by atoms with E-state index in [1.807, 2.05) is 0 Å². The number of carboxylic acid groups (broad SMARTS) is 2. The second kappa shape index (κ2) is 12.8. The molecule has 29 heteroatoms. The van der Waals surface area contributed by atoms with E-state index < -0.39 is 89.0 Å². The summed E-state index contributed by atoms with van der Waals surface area (Å²) in [5.41, 5.74) is -11.1. The molecule has 0 rings (SSSR count). The first-order valence-corrected chi connectivity index (χ1v) is 10.4. The Morgan fingerprint density at radius 3 is 0.917 bits per heavy atom. The van der Waals surface area contributed by atoms with Gasteiger partial charge in [0.2, 0.25) is 0 Å². The fraction of sp³-hybridized carbons (Fsp3) is 0.684. The monoisotopic (exact) mass is 776 g/mol. The number of hydrogen-bond donors (Lipinski definition) is 2. The first kappa shape index (κ1) is 46.8. The summed E-state index contributed by atoms with van der Waals surface area (Å²) in [6.07, 6.45) is -22.6. The molecular formula is C19H9F25O4. The summed E-state index contributed by atoms with van der Waals surface area (Å²) in [5.74, 6) is -79.1. The Morgan fingerprint density at radius 2 is 0.729 bits per heavy atom. The molecule has 284 valence electrons. The van der Waals surface area contributed by atoms with Crippen LogP contribution in [0.25, 0.3) is 0 Å². The van der Waals surface area contributed by atoms with Gasteiger partial charge in [0, 0.05) is 5.57 Å². The Bertz CT molecular complexity index is 1260. The summed E-state index contributed by atoms with van der Waals surface area (Å²) < 4.78 is 327. The molecule has 0 aliphatic heterocycles. The van der Waals surface area contributed by atoms with Gasteiger partial charge in [0.15, 0.2) is 5.57 Å². The van der Waals surface area contributed by atoms with Crippen LogP contribution in [-0.4, -0.2) is 88.1 Å². The van der Waals surface area contributed by atoms with Crippen molar-refractivity contribution < 1.29 is 130 Å². The van der Waals surface area contributed by atoms with Crippen molar-refractivity contribution in [3.05, 3.63) is 22.8 Å². The van der Waals surface area contributed by atoms with Gasteiger partial charge in [0.25, 0.3) is 0 Å². The van der Waals surface area contributed by atoms with Crippen LogP contribution in [0.5, 0.6) is 0 Å². The van der Waals surface area contributed by atoms with E-state index in [1.165, 1.54) is 0 Å². The summed E-state index contributed by atoms with van der Waals surface area (Å²) in [5, 5.41) is 16.2. The maximum absolute atomic E-state index is 14.0. The van der Waals surface area contributed by atoms with E-state index in [-0.39, 0.29) is 0 Å². The second-order valence-electron chi connectivity index (χ2n) is 8.42. The summed E-state index contributed by atoms with van der Waals surface area (Å²) in [6.45, 7) is 3.26. The molecule has 0 aromatic carbocycles. The second-order valence-corrected chi connectivity index (χ2v) is 8.42. The summed E-state index contributed by atoms with van der Waals surface area (Å²) in [6, 6.07) is 0. The highest BCUT2D eigenvalue weighted by atomic mass is 19.4. The molecule has 0 radical (unpaired) electrons. The zero-order valence-corrected chi connectivity index (χ0v) is 21.7. The number of allylic oxidation sites excluding steroid dienone is 2. The number of alkyl halides is 25. The van der Waals surface area contributed by atoms with Crippen LogP contribution in [0.1, 0.15) is 13.8 Å². The van der Waals surface area contributed by atoms with E-state index >= 15 is 0 Å². The van der Waals surface area contributed by atoms with Gasteiger partial charge >= 0.3 is 77.8 Å². The van der Waals surface area contributed by atoms with Crippen molar-refractivity contribution >= 4 is 11.9 Å². The first-order chi connectivity index (χ1) is 20.4. The quantitative estimate of drug-likeness (QED) is 0.172. The number of aliphatic carboxylic acids is 2. The van der Waals surface area contributed by atoms with Crippen molar-refractivity contribution in [2.24, 2.45) is 0 Å². The van der Waals surface area contributed by atoms with Crippen LogP contribution in [0.4, 0.5) is 110 Å². The highest BCUT2D eigenvalue weighted by Crippen LogP contribution is 2.66. The summed E-state index contributed by atoms with van der Waals surface area (Å²) >= 11 is 0. The third kappa shape index (κ3) is 7.31. The molecule has 4 nitrogen and oxygen atoms in total. The lowest BCUT2D eigenvalue weighted by Crippen LogP contribution is -2.75. The first-order valence-electron chi connectivity index (χ1n) is 10.4. The zero-order chi connectivity index (χ0) is 40.1. The predicted octanol–water partition coefficient (Wildman–Crippen LogP) is 9.17. The standard InChI is InChI=1S/C14HF25O2.C5H8O2/c15-4(16,2(5(17,18)13(34,35)36)1(3(40)41)6(19,20)21)7(22,23)8(24,25)9(26,27)10(28,29)11(30,31)12(32,33)14(37,38)39;1-3-4(2)5(6)7/h(H,40,41);3H,1-2H3,(H,6,7). The van der Waals surface area contributed by atoms with Crippen LogP contribution in [0.3, 0.4) is 0 Å². The third-order valence-corrected chi connectivity index (χ3v) is 5.22. The molecule has 0 unspecified atom stereocenters. The van der Waals surface area contributed by atoms with Crippen LogP contribution in [-0.2, 0) is 9.59 Å². The molecule has 0 aromatic rings. The van der Waals surface area contributed by atoms with Gasteiger partial charge in [-0.05, 0) is 13.8 Å². The van der Waals surface area contributed by atoms with Crippen LogP contribution >= 0.6 is 0 Å². The maximum Gasteiger partial charge on any atom is 0.460 e. The Balaban J connectivity index is 0. The van der Waals surface area contributed by atoms with Gasteiger partial charge in [-0.1, -0.05) is 6.08 Å². The molecule has 0 aliphatic rings. The summed E-state index contributed by atoms with van der Waals surface area (Å²) in [7, 11) is 0. The number of hydrogen-bond acceptors (Lipinski definition) is 2. The van der Waals surface area contributed by atoms with Gasteiger partial charge in [0.05, 0.1) is 0 Å². The van der Waals surface area contributed by atoms with Gasteiger partial charge in [-0.2, -0.15) is 110 Å². The molecule has 0 saturated carbocycles. The Hall–Kier alpha value is -3.33. The lowest BCUT2D eigenvalue weighted by molar-refractivity contribution is -0.461. The molecule has 0 fully saturated rings. The zero-order valence-electron chi connectivity index (χ0n) is 21.7. The third-order valence-electron chi connectivity index (χ3n) is 5.22. The Kier molecular flexibility index (Phi) is 12.5. The fourth-order valence-electron chi connectivity index (χ4n) is 2.47. The van der Waals surface area contributed by atoms with Crippen molar-refractivity contribution in [3.8, 4) is 0 Å². The van der Waals surface area contributed by atoms with Gasteiger partial charge in [-0.3, -0.25) is 0 Å². The Labute approximate surface area is 245 Å². The van der Waals surface area contributed by atoms with Gasteiger partial charge < -0.3 is 10.2 Å². The van der Waals surface area contributed by atoms with E-state index in [0.29, 0.717) is 5.57 Å². The molecule has 0 saturated heterocycles. The fourth-order valence-corrected chi connectivity index (χ4v) is 2.47. The van der Waals surface area contributed by atoms with Gasteiger partial charge in [0.1, 0.15) is 5.57 Å². The normalized spacial score (nSPS) is 16.2. The van der Waals surface area contributed by atoms with E-state index in [0.717, 1.165) is 0 Å². The average Bonchev–Trinajstić information content (AvgIpc) is 2.83. The highest BCUT2D eigenvalue weighted by Gasteiger charge is 2.96. The van der Waals surface area contributed by atoms with E-state index in [2.05, 4.69) is 0 Å². The molecule has 0 bridgehead atoms. The molecule has 0 aromatic heterocycles. The molecule has 0 aliphatic carbocycles. The maximum atomic E-state index is 14.0. The van der Waals surface area contributed by atoms with Crippen molar-refractivity contribution in [3.63, 3.8) is 0 Å². The van der Waals surface area contributed by atoms with E-state index in [9.17, 15) is 119 Å². The van der Waals surface area contributed by atoms with Crippen LogP contribution in [0.15, 0.2) is 22.8 Å². The predicted molar refractivity (Wildman–Crippen MR) is 99.5 cm³/mol. The lowest BCUT2D eigenvalue weighted by Gasteiger charge is -2.43. The lowest BCUT2D eigenvalue weighted by atomic mass is 9.83. The van der Waals surface area contributed by atoms with Crippen LogP contribution < -0.4 is 0 Å². The van der Waals surface area contributed by atoms with Crippen molar-refractivity contribution in [2.45, 2.75) is 79.8 Å². The number of halogens is 25. The van der Waals surface area contributed by atoms with Crippen LogP contribution in [0.2, 0.25) is 0 Å². The van der Waals surface area contributed by atoms with Gasteiger partial charge in [-0.15, -0.1) is 0 Å². The minimum absolute atomic E-state index is 0.389. The number of rotatable bonds is 10. The van der Waals surface area contributed by atoms with E-state index in [4.69, 9.17) is 10.2 Å². The SMILES string of the molecule is CC=C(C)C(=O)O.O=C(O)C(=C(C(F)(F)C(F)(F)F)C(F)(F)C(F)(F)C(F)(F)C(F)(F)C(F)(F)C(F)(F)C(F)(F)C(F)(F)F)C(F)(F)F. The average molecular weight is 776 g/mol. The molecular weight excluding hydrogens is 767 g/mol. The number of carboxylic acids is 2. The minimum atomic E-state index is -9.61. The number of carbonyl (C=O) groups is 2. The molecule has 0 amide bonds. The topological polar surface area (TPSA) is 74.6 Å². The van der Waals surface area contributed by atoms with Gasteiger partial charge in [-0.25, -0.2) is 9.59 Å². The van der Waals surface area contributed by atoms with Crippen molar-refractivity contribution in [1.29, 1.82) is 0 Å². The molecule has 0 spiro atoms.